The third-order valence-corrected chi connectivity index (χ3v) is 7.82. The average Bonchev–Trinajstić information content (AvgIpc) is 3.35. The van der Waals surface area contributed by atoms with E-state index >= 15 is 0 Å². The molecule has 0 aromatic carbocycles. The third kappa shape index (κ3) is 2.37. The number of thiophene rings is 1. The number of hydrogen-bond acceptors (Lipinski definition) is 5. The Labute approximate surface area is 155 Å². The van der Waals surface area contributed by atoms with Crippen LogP contribution in [-0.4, -0.2) is 15.8 Å². The Hall–Kier alpha value is -2.00. The van der Waals surface area contributed by atoms with Gasteiger partial charge >= 0.3 is 0 Å². The summed E-state index contributed by atoms with van der Waals surface area (Å²) in [4.78, 5) is 35.0. The van der Waals surface area contributed by atoms with E-state index in [0.717, 1.165) is 50.5 Å². The van der Waals surface area contributed by atoms with Crippen molar-refractivity contribution in [2.75, 3.05) is 0 Å². The maximum atomic E-state index is 13.0. The summed E-state index contributed by atoms with van der Waals surface area (Å²) in [5.41, 5.74) is 0.940. The van der Waals surface area contributed by atoms with E-state index in [2.05, 4.69) is 16.0 Å². The van der Waals surface area contributed by atoms with Crippen molar-refractivity contribution in [1.29, 1.82) is 5.26 Å². The highest BCUT2D eigenvalue weighted by atomic mass is 32.1. The van der Waals surface area contributed by atoms with Crippen LogP contribution in [0.5, 0.6) is 0 Å². The number of rotatable bonds is 3. The maximum Gasteiger partial charge on any atom is 0.259 e. The van der Waals surface area contributed by atoms with Gasteiger partial charge in [0, 0.05) is 10.8 Å². The monoisotopic (exact) mass is 367 g/mol. The minimum atomic E-state index is -0.949. The van der Waals surface area contributed by atoms with Gasteiger partial charge in [-0.25, -0.2) is 4.98 Å². The van der Waals surface area contributed by atoms with E-state index in [1.807, 2.05) is 0 Å². The number of hydrogen-bond donors (Lipinski definition) is 1. The molecule has 2 bridgehead atoms. The first-order valence-electron chi connectivity index (χ1n) is 9.63. The zero-order valence-corrected chi connectivity index (χ0v) is 15.4. The molecule has 2 aromatic rings. The van der Waals surface area contributed by atoms with Crippen LogP contribution in [0.1, 0.15) is 60.7 Å². The summed E-state index contributed by atoms with van der Waals surface area (Å²) in [5.74, 6) is 0.297. The van der Waals surface area contributed by atoms with Crippen molar-refractivity contribution in [3.63, 3.8) is 0 Å². The van der Waals surface area contributed by atoms with Gasteiger partial charge in [0.2, 0.25) is 0 Å². The lowest BCUT2D eigenvalue weighted by atomic mass is 9.81. The Balaban J connectivity index is 1.54. The number of aromatic nitrogens is 2. The van der Waals surface area contributed by atoms with Gasteiger partial charge in [0.15, 0.2) is 11.7 Å². The molecule has 3 aliphatic carbocycles. The molecule has 1 N–H and O–H groups in total. The number of fused-ring (bicyclic) bond motifs is 5. The molecule has 0 saturated heterocycles. The highest BCUT2D eigenvalue weighted by molar-refractivity contribution is 7.18. The van der Waals surface area contributed by atoms with E-state index in [0.29, 0.717) is 22.1 Å². The van der Waals surface area contributed by atoms with Crippen LogP contribution in [0.3, 0.4) is 0 Å². The third-order valence-electron chi connectivity index (χ3n) is 6.63. The first-order valence-corrected chi connectivity index (χ1v) is 10.4. The normalized spacial score (nSPS) is 28.0. The topological polar surface area (TPSA) is 86.6 Å². The van der Waals surface area contributed by atoms with Gasteiger partial charge in [-0.15, -0.1) is 11.3 Å². The number of H-pyrrole nitrogens is 1. The van der Waals surface area contributed by atoms with E-state index in [-0.39, 0.29) is 23.1 Å². The molecule has 134 valence electrons. The largest absolute Gasteiger partial charge is 0.308 e. The maximum absolute atomic E-state index is 13.0. The van der Waals surface area contributed by atoms with Crippen molar-refractivity contribution >= 4 is 27.3 Å². The SMILES string of the molecule is N#C[C@@H](C(=O)[C@H]1C[C@H]2CC[C@H]1C2)c1nc2sc3c(c2c(=O)[nH]1)CCCC3. The van der Waals surface area contributed by atoms with Gasteiger partial charge in [0.25, 0.3) is 5.56 Å². The Morgan fingerprint density at radius 3 is 2.85 bits per heavy atom. The first-order chi connectivity index (χ1) is 12.7. The lowest BCUT2D eigenvalue weighted by molar-refractivity contribution is -0.124. The van der Waals surface area contributed by atoms with Crippen LogP contribution in [0.15, 0.2) is 4.79 Å². The van der Waals surface area contributed by atoms with Crippen molar-refractivity contribution in [1.82, 2.24) is 9.97 Å². The molecule has 6 heteroatoms. The molecule has 2 aromatic heterocycles. The van der Waals surface area contributed by atoms with Crippen molar-refractivity contribution in [3.8, 4) is 6.07 Å². The fourth-order valence-electron chi connectivity index (χ4n) is 5.38. The molecule has 26 heavy (non-hydrogen) atoms. The minimum Gasteiger partial charge on any atom is -0.308 e. The quantitative estimate of drug-likeness (QED) is 0.900. The zero-order valence-electron chi connectivity index (χ0n) is 14.6. The molecule has 0 radical (unpaired) electrons. The average molecular weight is 367 g/mol. The summed E-state index contributed by atoms with van der Waals surface area (Å²) in [6.45, 7) is 0. The Morgan fingerprint density at radius 1 is 1.27 bits per heavy atom. The molecule has 0 amide bonds. The standard InChI is InChI=1S/C20H21N3O2S/c21-9-14(17(24)13-8-10-5-6-11(13)7-10)18-22-19(25)16-12-3-1-2-4-15(12)26-20(16)23-18/h10-11,13-14H,1-8H2,(H,22,23,25)/t10-,11-,13-,14-/m0/s1. The fraction of sp³-hybridized carbons (Fsp3) is 0.600. The van der Waals surface area contributed by atoms with Crippen LogP contribution in [0, 0.1) is 29.1 Å². The van der Waals surface area contributed by atoms with Gasteiger partial charge in [-0.1, -0.05) is 6.42 Å². The smallest absolute Gasteiger partial charge is 0.259 e. The van der Waals surface area contributed by atoms with Gasteiger partial charge in [0.1, 0.15) is 10.7 Å². The number of nitriles is 1. The molecular formula is C20H21N3O2S. The van der Waals surface area contributed by atoms with Crippen LogP contribution in [0.4, 0.5) is 0 Å². The molecule has 5 nitrogen and oxygen atoms in total. The second kappa shape index (κ2) is 6.02. The number of Topliss-reactive ketones (excluding diaryl/α,β-unsaturated/α-hetero) is 1. The number of aryl methyl sites for hydroxylation is 2. The van der Waals surface area contributed by atoms with E-state index in [4.69, 9.17) is 0 Å². The number of ketones is 1. The summed E-state index contributed by atoms with van der Waals surface area (Å²) in [5, 5.41) is 10.4. The van der Waals surface area contributed by atoms with E-state index in [9.17, 15) is 14.9 Å². The predicted molar refractivity (Wildman–Crippen MR) is 99.2 cm³/mol. The number of carbonyl (C=O) groups is 1. The van der Waals surface area contributed by atoms with Crippen LogP contribution in [-0.2, 0) is 17.6 Å². The summed E-state index contributed by atoms with van der Waals surface area (Å²) < 4.78 is 0. The lowest BCUT2D eigenvalue weighted by Gasteiger charge is -2.22. The predicted octanol–water partition coefficient (Wildman–Crippen LogP) is 3.48. The molecule has 0 aliphatic heterocycles. The van der Waals surface area contributed by atoms with Crippen molar-refractivity contribution in [2.45, 2.75) is 57.3 Å². The van der Waals surface area contributed by atoms with Crippen LogP contribution < -0.4 is 5.56 Å². The summed E-state index contributed by atoms with van der Waals surface area (Å²) in [6.07, 6.45) is 8.50. The lowest BCUT2D eigenvalue weighted by Crippen LogP contribution is -2.28. The van der Waals surface area contributed by atoms with Gasteiger partial charge in [-0.05, 0) is 62.3 Å². The Morgan fingerprint density at radius 2 is 2.12 bits per heavy atom. The Kier molecular flexibility index (Phi) is 3.75. The number of nitrogens with one attached hydrogen (secondary N) is 1. The highest BCUT2D eigenvalue weighted by Crippen LogP contribution is 2.49. The number of carbonyl (C=O) groups excluding carboxylic acids is 1. The van der Waals surface area contributed by atoms with Gasteiger partial charge in [-0.3, -0.25) is 9.59 Å². The second-order valence-corrected chi connectivity index (χ2v) is 9.17. The molecule has 4 atom stereocenters. The molecule has 2 heterocycles. The molecule has 2 fully saturated rings. The number of aromatic amines is 1. The van der Waals surface area contributed by atoms with E-state index in [1.165, 1.54) is 11.3 Å². The minimum absolute atomic E-state index is 0.0315. The van der Waals surface area contributed by atoms with Crippen LogP contribution in [0.25, 0.3) is 10.2 Å². The van der Waals surface area contributed by atoms with Crippen molar-refractivity contribution in [3.05, 3.63) is 26.6 Å². The Bertz CT molecular complexity index is 999. The van der Waals surface area contributed by atoms with Gasteiger partial charge < -0.3 is 4.98 Å². The van der Waals surface area contributed by atoms with Crippen LogP contribution in [0.2, 0.25) is 0 Å². The molecule has 5 rings (SSSR count). The molecule has 2 saturated carbocycles. The molecule has 0 spiro atoms. The van der Waals surface area contributed by atoms with Gasteiger partial charge in [-0.2, -0.15) is 5.26 Å². The number of nitrogens with zero attached hydrogens (tertiary/aromatic N) is 2. The first kappa shape index (κ1) is 16.2. The van der Waals surface area contributed by atoms with E-state index < -0.39 is 5.92 Å². The highest BCUT2D eigenvalue weighted by Gasteiger charge is 2.45. The summed E-state index contributed by atoms with van der Waals surface area (Å²) in [6, 6.07) is 2.13. The molecule has 3 aliphatic rings. The molecule has 0 unspecified atom stereocenters. The van der Waals surface area contributed by atoms with Crippen LogP contribution >= 0.6 is 11.3 Å². The summed E-state index contributed by atoms with van der Waals surface area (Å²) in [7, 11) is 0. The second-order valence-electron chi connectivity index (χ2n) is 8.09. The van der Waals surface area contributed by atoms with E-state index in [1.54, 1.807) is 11.3 Å². The fourth-order valence-corrected chi connectivity index (χ4v) is 6.65. The zero-order chi connectivity index (χ0) is 17.8. The molecular weight excluding hydrogens is 346 g/mol. The van der Waals surface area contributed by atoms with Crippen molar-refractivity contribution in [2.24, 2.45) is 17.8 Å². The van der Waals surface area contributed by atoms with Gasteiger partial charge in [0.05, 0.1) is 11.5 Å². The van der Waals surface area contributed by atoms with Crippen molar-refractivity contribution < 1.29 is 4.79 Å². The summed E-state index contributed by atoms with van der Waals surface area (Å²) >= 11 is 1.56.